The third kappa shape index (κ3) is 5.56. The maximum Gasteiger partial charge on any atom is 0.152 e. The maximum absolute atomic E-state index is 12.2. The number of aryl methyl sites for hydroxylation is 2. The summed E-state index contributed by atoms with van der Waals surface area (Å²) < 4.78 is 25.6. The zero-order valence-electron chi connectivity index (χ0n) is 18.8. The van der Waals surface area contributed by atoms with E-state index in [0.29, 0.717) is 11.7 Å². The maximum atomic E-state index is 12.2. The third-order valence-electron chi connectivity index (χ3n) is 6.74. The Morgan fingerprint density at radius 2 is 1.68 bits per heavy atom. The number of sulfone groups is 1. The molecule has 0 N–H and O–H groups in total. The zero-order chi connectivity index (χ0) is 22.0. The van der Waals surface area contributed by atoms with Crippen molar-refractivity contribution in [2.75, 3.05) is 5.75 Å². The highest BCUT2D eigenvalue weighted by Gasteiger charge is 2.27. The Hall–Kier alpha value is -1.72. The van der Waals surface area contributed by atoms with Crippen LogP contribution in [-0.4, -0.2) is 24.4 Å². The summed E-state index contributed by atoms with van der Waals surface area (Å²) in [5.74, 6) is 1.47. The smallest absolute Gasteiger partial charge is 0.152 e. The number of benzene rings is 2. The first-order valence-corrected chi connectivity index (χ1v) is 14.0. The van der Waals surface area contributed by atoms with Gasteiger partial charge in [-0.25, -0.2) is 13.4 Å². The quantitative estimate of drug-likeness (QED) is 0.392. The van der Waals surface area contributed by atoms with Crippen LogP contribution in [0.4, 0.5) is 0 Å². The van der Waals surface area contributed by atoms with Gasteiger partial charge in [-0.2, -0.15) is 0 Å². The summed E-state index contributed by atoms with van der Waals surface area (Å²) in [6.07, 6.45) is 6.75. The van der Waals surface area contributed by atoms with E-state index >= 15 is 0 Å². The van der Waals surface area contributed by atoms with Crippen molar-refractivity contribution in [3.05, 3.63) is 53.6 Å². The van der Waals surface area contributed by atoms with Crippen LogP contribution in [0.5, 0.6) is 0 Å². The van der Waals surface area contributed by atoms with Crippen molar-refractivity contribution in [2.45, 2.75) is 64.5 Å². The van der Waals surface area contributed by atoms with Crippen LogP contribution in [0.25, 0.3) is 20.8 Å². The first-order chi connectivity index (χ1) is 14.8. The van der Waals surface area contributed by atoms with Crippen molar-refractivity contribution in [1.82, 2.24) is 4.98 Å². The molecule has 5 heteroatoms. The van der Waals surface area contributed by atoms with E-state index in [1.54, 1.807) is 25.2 Å². The first-order valence-electron chi connectivity index (χ1n) is 11.5. The molecule has 0 aliphatic heterocycles. The summed E-state index contributed by atoms with van der Waals surface area (Å²) in [6, 6.07) is 15.3. The molecule has 1 aliphatic carbocycles. The van der Waals surface area contributed by atoms with Crippen molar-refractivity contribution in [1.29, 1.82) is 0 Å². The number of rotatable bonds is 7. The zero-order valence-corrected chi connectivity index (χ0v) is 20.4. The molecule has 31 heavy (non-hydrogen) atoms. The first kappa shape index (κ1) is 22.5. The van der Waals surface area contributed by atoms with Crippen LogP contribution >= 0.6 is 11.3 Å². The predicted octanol–water partition coefficient (Wildman–Crippen LogP) is 6.83. The molecule has 166 valence electrons. The lowest BCUT2D eigenvalue weighted by atomic mass is 9.80. The van der Waals surface area contributed by atoms with Crippen molar-refractivity contribution in [3.63, 3.8) is 0 Å². The molecule has 1 fully saturated rings. The lowest BCUT2D eigenvalue weighted by Crippen LogP contribution is -2.26. The van der Waals surface area contributed by atoms with Gasteiger partial charge in [0.1, 0.15) is 5.01 Å². The topological polar surface area (TPSA) is 47.0 Å². The molecule has 0 bridgehead atoms. The van der Waals surface area contributed by atoms with Crippen LogP contribution in [0.3, 0.4) is 0 Å². The van der Waals surface area contributed by atoms with Crippen LogP contribution in [0.2, 0.25) is 0 Å². The summed E-state index contributed by atoms with van der Waals surface area (Å²) in [4.78, 5) is 4.79. The monoisotopic (exact) mass is 455 g/mol. The largest absolute Gasteiger partial charge is 0.236 e. The summed E-state index contributed by atoms with van der Waals surface area (Å²) in [5, 5.41) is 0.835. The summed E-state index contributed by atoms with van der Waals surface area (Å²) in [6.45, 7) is 5.71. The van der Waals surface area contributed by atoms with E-state index in [4.69, 9.17) is 4.98 Å². The van der Waals surface area contributed by atoms with Gasteiger partial charge in [-0.05, 0) is 81.5 Å². The van der Waals surface area contributed by atoms with Gasteiger partial charge in [-0.1, -0.05) is 43.2 Å². The molecule has 1 heterocycles. The van der Waals surface area contributed by atoms with Gasteiger partial charge in [0.2, 0.25) is 0 Å². The highest BCUT2D eigenvalue weighted by atomic mass is 32.2. The Labute approximate surface area is 190 Å². The van der Waals surface area contributed by atoms with Crippen molar-refractivity contribution >= 4 is 31.4 Å². The number of hydrogen-bond donors (Lipinski definition) is 0. The average molecular weight is 456 g/mol. The van der Waals surface area contributed by atoms with E-state index in [1.807, 2.05) is 0 Å². The molecule has 1 aromatic heterocycles. The van der Waals surface area contributed by atoms with Crippen molar-refractivity contribution in [2.24, 2.45) is 11.8 Å². The minimum atomic E-state index is -2.91. The Kier molecular flexibility index (Phi) is 6.83. The van der Waals surface area contributed by atoms with Gasteiger partial charge in [0.05, 0.1) is 21.2 Å². The molecule has 1 aliphatic rings. The Balaban J connectivity index is 1.29. The SMILES string of the molecule is Cc1ccc2nc(-c3ccc(CCC4CCC(CS(=O)(=O)C(C)C)CC4)cc3)sc2c1. The summed E-state index contributed by atoms with van der Waals surface area (Å²) in [7, 11) is -2.91. The standard InChI is InChI=1S/C26H33NO2S2/c1-18(2)31(28,29)17-22-9-7-20(8-10-22)5-6-21-11-13-23(14-12-21)26-27-24-15-4-19(3)16-25(24)30-26/h4,11-16,18,20,22H,5-10,17H2,1-3H3. The van der Waals surface area contributed by atoms with E-state index < -0.39 is 9.84 Å². The molecule has 0 amide bonds. The third-order valence-corrected chi connectivity index (χ3v) is 10.2. The average Bonchev–Trinajstić information content (AvgIpc) is 3.16. The molecule has 3 aromatic rings. The molecule has 0 radical (unpaired) electrons. The molecule has 1 saturated carbocycles. The second-order valence-corrected chi connectivity index (χ2v) is 13.1. The number of thiazole rings is 1. The molecule has 3 nitrogen and oxygen atoms in total. The van der Waals surface area contributed by atoms with E-state index in [-0.39, 0.29) is 5.25 Å². The van der Waals surface area contributed by atoms with Crippen LogP contribution in [0.15, 0.2) is 42.5 Å². The fourth-order valence-corrected chi connectivity index (χ4v) is 6.99. The predicted molar refractivity (Wildman–Crippen MR) is 132 cm³/mol. The van der Waals surface area contributed by atoms with E-state index in [2.05, 4.69) is 49.4 Å². The van der Waals surface area contributed by atoms with Gasteiger partial charge in [-0.3, -0.25) is 0 Å². The second kappa shape index (κ2) is 9.41. The lowest BCUT2D eigenvalue weighted by Gasteiger charge is -2.28. The number of nitrogens with zero attached hydrogens (tertiary/aromatic N) is 1. The second-order valence-electron chi connectivity index (χ2n) is 9.49. The Morgan fingerprint density at radius 3 is 2.35 bits per heavy atom. The molecular formula is C26H33NO2S2. The highest BCUT2D eigenvalue weighted by Crippen LogP contribution is 2.34. The van der Waals surface area contributed by atoms with Gasteiger partial charge < -0.3 is 0 Å². The lowest BCUT2D eigenvalue weighted by molar-refractivity contribution is 0.278. The molecule has 4 rings (SSSR count). The fraction of sp³-hybridized carbons (Fsp3) is 0.500. The van der Waals surface area contributed by atoms with Gasteiger partial charge in [0, 0.05) is 5.56 Å². The molecule has 0 unspecified atom stereocenters. The van der Waals surface area contributed by atoms with E-state index in [9.17, 15) is 8.42 Å². The summed E-state index contributed by atoms with van der Waals surface area (Å²) >= 11 is 1.76. The minimum absolute atomic E-state index is 0.250. The van der Waals surface area contributed by atoms with Gasteiger partial charge in [0.15, 0.2) is 9.84 Å². The van der Waals surface area contributed by atoms with Crippen molar-refractivity contribution < 1.29 is 8.42 Å². The van der Waals surface area contributed by atoms with Crippen LogP contribution in [-0.2, 0) is 16.3 Å². The van der Waals surface area contributed by atoms with Gasteiger partial charge in [-0.15, -0.1) is 11.3 Å². The molecule has 2 aromatic carbocycles. The van der Waals surface area contributed by atoms with Crippen molar-refractivity contribution in [3.8, 4) is 10.6 Å². The molecule has 0 spiro atoms. The summed E-state index contributed by atoms with van der Waals surface area (Å²) in [5.41, 5.74) is 4.92. The Bertz CT molecular complexity index is 1120. The Morgan fingerprint density at radius 1 is 1.00 bits per heavy atom. The van der Waals surface area contributed by atoms with Crippen LogP contribution < -0.4 is 0 Å². The van der Waals surface area contributed by atoms with E-state index in [1.165, 1.54) is 40.7 Å². The fourth-order valence-electron chi connectivity index (χ4n) is 4.55. The normalized spacial score (nSPS) is 19.9. The number of aromatic nitrogens is 1. The van der Waals surface area contributed by atoms with E-state index in [0.717, 1.165) is 35.7 Å². The highest BCUT2D eigenvalue weighted by molar-refractivity contribution is 7.91. The van der Waals surface area contributed by atoms with Crippen LogP contribution in [0, 0.1) is 18.8 Å². The van der Waals surface area contributed by atoms with Gasteiger partial charge >= 0.3 is 0 Å². The number of fused-ring (bicyclic) bond motifs is 1. The molecule has 0 saturated heterocycles. The minimum Gasteiger partial charge on any atom is -0.236 e. The number of hydrogen-bond acceptors (Lipinski definition) is 4. The van der Waals surface area contributed by atoms with Crippen LogP contribution in [0.1, 0.15) is 57.1 Å². The molecular weight excluding hydrogens is 422 g/mol. The molecule has 0 atom stereocenters. The van der Waals surface area contributed by atoms with Gasteiger partial charge in [0.25, 0.3) is 0 Å².